The molecule has 9 heteroatoms. The van der Waals surface area contributed by atoms with Gasteiger partial charge in [-0.3, -0.25) is 9.59 Å². The molecule has 0 spiro atoms. The van der Waals surface area contributed by atoms with Gasteiger partial charge in [0.05, 0.1) is 24.8 Å². The Balaban J connectivity index is 1.52. The predicted molar refractivity (Wildman–Crippen MR) is 127 cm³/mol. The first kappa shape index (κ1) is 24.1. The van der Waals surface area contributed by atoms with Crippen LogP contribution in [0.4, 0.5) is 0 Å². The summed E-state index contributed by atoms with van der Waals surface area (Å²) in [5, 5.41) is 2.91. The molecule has 182 valence electrons. The highest BCUT2D eigenvalue weighted by molar-refractivity contribution is 7.90. The SMILES string of the molecule is CCCOc1ccc(C(C)NC(=O)c2ccc3c(c2)S(=O)(=O)N(C2CC2)C3=O)cc1OCCC. The van der Waals surface area contributed by atoms with Crippen molar-refractivity contribution in [2.45, 2.75) is 63.4 Å². The molecule has 2 aliphatic rings. The van der Waals surface area contributed by atoms with Crippen LogP contribution in [0.3, 0.4) is 0 Å². The molecule has 8 nitrogen and oxygen atoms in total. The fourth-order valence-electron chi connectivity index (χ4n) is 3.87. The molecule has 2 aromatic carbocycles. The van der Waals surface area contributed by atoms with E-state index < -0.39 is 21.8 Å². The number of ether oxygens (including phenoxy) is 2. The lowest BCUT2D eigenvalue weighted by molar-refractivity contribution is 0.0863. The van der Waals surface area contributed by atoms with Crippen LogP contribution in [0.25, 0.3) is 0 Å². The largest absolute Gasteiger partial charge is 0.490 e. The van der Waals surface area contributed by atoms with Crippen LogP contribution in [-0.2, 0) is 10.0 Å². The van der Waals surface area contributed by atoms with Gasteiger partial charge in [-0.25, -0.2) is 12.7 Å². The molecule has 1 fully saturated rings. The quantitative estimate of drug-likeness (QED) is 0.543. The Morgan fingerprint density at radius 2 is 1.74 bits per heavy atom. The minimum absolute atomic E-state index is 0.0996. The summed E-state index contributed by atoms with van der Waals surface area (Å²) in [4.78, 5) is 25.4. The van der Waals surface area contributed by atoms with Gasteiger partial charge in [0, 0.05) is 11.6 Å². The maximum absolute atomic E-state index is 13.0. The van der Waals surface area contributed by atoms with Crippen molar-refractivity contribution in [1.82, 2.24) is 9.62 Å². The Morgan fingerprint density at radius 3 is 2.38 bits per heavy atom. The zero-order valence-corrected chi connectivity index (χ0v) is 20.5. The van der Waals surface area contributed by atoms with Crippen molar-refractivity contribution in [3.05, 3.63) is 53.1 Å². The molecule has 1 unspecified atom stereocenters. The van der Waals surface area contributed by atoms with Crippen LogP contribution in [0.5, 0.6) is 11.5 Å². The van der Waals surface area contributed by atoms with E-state index in [1.807, 2.05) is 39.0 Å². The molecule has 1 saturated carbocycles. The van der Waals surface area contributed by atoms with Crippen LogP contribution in [0.1, 0.15) is 78.8 Å². The summed E-state index contributed by atoms with van der Waals surface area (Å²) >= 11 is 0. The van der Waals surface area contributed by atoms with Gasteiger partial charge in [0.25, 0.3) is 21.8 Å². The minimum atomic E-state index is -3.92. The first-order chi connectivity index (χ1) is 16.3. The molecule has 0 saturated heterocycles. The summed E-state index contributed by atoms with van der Waals surface area (Å²) in [6.45, 7) is 7.02. The van der Waals surface area contributed by atoms with Crippen molar-refractivity contribution in [1.29, 1.82) is 0 Å². The second-order valence-corrected chi connectivity index (χ2v) is 10.4. The van der Waals surface area contributed by atoms with Gasteiger partial charge in [-0.2, -0.15) is 0 Å². The Bertz CT molecular complexity index is 1210. The van der Waals surface area contributed by atoms with Crippen LogP contribution < -0.4 is 14.8 Å². The average Bonchev–Trinajstić information content (AvgIpc) is 3.62. The number of rotatable bonds is 10. The number of nitrogens with zero attached hydrogens (tertiary/aromatic N) is 1. The van der Waals surface area contributed by atoms with Gasteiger partial charge in [-0.1, -0.05) is 19.9 Å². The Morgan fingerprint density at radius 1 is 1.06 bits per heavy atom. The highest BCUT2D eigenvalue weighted by atomic mass is 32.2. The number of hydrogen-bond acceptors (Lipinski definition) is 6. The lowest BCUT2D eigenvalue weighted by Gasteiger charge is -2.18. The number of sulfonamides is 1. The lowest BCUT2D eigenvalue weighted by Crippen LogP contribution is -2.32. The average molecular weight is 487 g/mol. The van der Waals surface area contributed by atoms with E-state index in [2.05, 4.69) is 5.32 Å². The number of nitrogens with one attached hydrogen (secondary N) is 1. The van der Waals surface area contributed by atoms with E-state index in [-0.39, 0.29) is 28.1 Å². The van der Waals surface area contributed by atoms with E-state index in [4.69, 9.17) is 9.47 Å². The topological polar surface area (TPSA) is 102 Å². The van der Waals surface area contributed by atoms with Gasteiger partial charge in [0.1, 0.15) is 4.90 Å². The molecule has 4 rings (SSSR count). The second-order valence-electron chi connectivity index (χ2n) is 8.65. The molecule has 0 radical (unpaired) electrons. The van der Waals surface area contributed by atoms with Gasteiger partial charge >= 0.3 is 0 Å². The summed E-state index contributed by atoms with van der Waals surface area (Å²) < 4.78 is 38.3. The highest BCUT2D eigenvalue weighted by Gasteiger charge is 2.48. The second kappa shape index (κ2) is 9.66. The molecule has 1 atom stereocenters. The van der Waals surface area contributed by atoms with E-state index in [9.17, 15) is 18.0 Å². The van der Waals surface area contributed by atoms with Crippen molar-refractivity contribution >= 4 is 21.8 Å². The zero-order chi connectivity index (χ0) is 24.5. The maximum Gasteiger partial charge on any atom is 0.269 e. The van der Waals surface area contributed by atoms with Crippen LogP contribution in [0.2, 0.25) is 0 Å². The third kappa shape index (κ3) is 4.61. The van der Waals surface area contributed by atoms with Crippen molar-refractivity contribution in [3.63, 3.8) is 0 Å². The summed E-state index contributed by atoms with van der Waals surface area (Å²) in [6.07, 6.45) is 3.08. The van der Waals surface area contributed by atoms with Gasteiger partial charge in [0.2, 0.25) is 0 Å². The normalized spacial score (nSPS) is 17.3. The van der Waals surface area contributed by atoms with Crippen LogP contribution in [0.15, 0.2) is 41.3 Å². The van der Waals surface area contributed by atoms with Gasteiger partial charge in [-0.15, -0.1) is 0 Å². The van der Waals surface area contributed by atoms with Gasteiger partial charge in [0.15, 0.2) is 11.5 Å². The highest BCUT2D eigenvalue weighted by Crippen LogP contribution is 2.39. The fraction of sp³-hybridized carbons (Fsp3) is 0.440. The molecule has 2 aromatic rings. The molecule has 0 bridgehead atoms. The molecular weight excluding hydrogens is 456 g/mol. The van der Waals surface area contributed by atoms with E-state index in [0.717, 1.165) is 22.7 Å². The van der Waals surface area contributed by atoms with Crippen LogP contribution in [-0.4, -0.2) is 43.8 Å². The Hall–Kier alpha value is -3.07. The van der Waals surface area contributed by atoms with Crippen molar-refractivity contribution < 1.29 is 27.5 Å². The smallest absolute Gasteiger partial charge is 0.269 e. The molecule has 1 heterocycles. The Kier molecular flexibility index (Phi) is 6.84. The molecule has 2 amide bonds. The first-order valence-electron chi connectivity index (χ1n) is 11.7. The van der Waals surface area contributed by atoms with E-state index >= 15 is 0 Å². The molecule has 1 N–H and O–H groups in total. The summed E-state index contributed by atoms with van der Waals surface area (Å²) in [6, 6.07) is 9.12. The van der Waals surface area contributed by atoms with E-state index in [1.165, 1.54) is 18.2 Å². The van der Waals surface area contributed by atoms with Crippen LogP contribution >= 0.6 is 0 Å². The molecule has 0 aromatic heterocycles. The first-order valence-corrected chi connectivity index (χ1v) is 13.1. The minimum Gasteiger partial charge on any atom is -0.490 e. The number of hydrogen-bond donors (Lipinski definition) is 1. The number of benzene rings is 2. The predicted octanol–water partition coefficient (Wildman–Crippen LogP) is 4.06. The number of amides is 2. The number of carbonyl (C=O) groups excluding carboxylic acids is 2. The van der Waals surface area contributed by atoms with Gasteiger partial charge < -0.3 is 14.8 Å². The number of fused-ring (bicyclic) bond motifs is 1. The standard InChI is InChI=1S/C25H30N2O6S/c1-4-12-32-21-11-7-17(14-22(21)33-13-5-2)16(3)26-24(28)18-6-10-20-23(15-18)34(30,31)27(25(20)29)19-8-9-19/h6-7,10-11,14-16,19H,4-5,8-9,12-13H2,1-3H3,(H,26,28). The third-order valence-corrected chi connectivity index (χ3v) is 7.70. The summed E-state index contributed by atoms with van der Waals surface area (Å²) in [5.41, 5.74) is 1.13. The molecular formula is C25H30N2O6S. The van der Waals surface area contributed by atoms with Crippen molar-refractivity contribution in [3.8, 4) is 11.5 Å². The monoisotopic (exact) mass is 486 g/mol. The van der Waals surface area contributed by atoms with Crippen molar-refractivity contribution in [2.75, 3.05) is 13.2 Å². The zero-order valence-electron chi connectivity index (χ0n) is 19.7. The maximum atomic E-state index is 13.0. The van der Waals surface area contributed by atoms with Crippen LogP contribution in [0, 0.1) is 0 Å². The van der Waals surface area contributed by atoms with Gasteiger partial charge in [-0.05, 0) is 68.5 Å². The van der Waals surface area contributed by atoms with Crippen molar-refractivity contribution in [2.24, 2.45) is 0 Å². The molecule has 1 aliphatic heterocycles. The lowest BCUT2D eigenvalue weighted by atomic mass is 10.1. The fourth-order valence-corrected chi connectivity index (χ4v) is 5.71. The molecule has 34 heavy (non-hydrogen) atoms. The third-order valence-electron chi connectivity index (χ3n) is 5.83. The molecule has 1 aliphatic carbocycles. The summed E-state index contributed by atoms with van der Waals surface area (Å²) in [7, 11) is -3.92. The number of carbonyl (C=O) groups is 2. The Labute approximate surface area is 200 Å². The van der Waals surface area contributed by atoms with E-state index in [1.54, 1.807) is 0 Å². The summed E-state index contributed by atoms with van der Waals surface area (Å²) in [5.74, 6) is 0.343. The van der Waals surface area contributed by atoms with E-state index in [0.29, 0.717) is 37.6 Å².